The zero-order chi connectivity index (χ0) is 9.14. The number of rotatable bonds is 2. The summed E-state index contributed by atoms with van der Waals surface area (Å²) in [5, 5.41) is 0.654. The first-order chi connectivity index (χ1) is 5.69. The topological polar surface area (TPSA) is 68.0 Å². The number of aryl methyl sites for hydroxylation is 1. The van der Waals surface area contributed by atoms with Crippen LogP contribution in [0.1, 0.15) is 20.4 Å². The van der Waals surface area contributed by atoms with E-state index >= 15 is 0 Å². The highest BCUT2D eigenvalue weighted by Gasteiger charge is 2.14. The van der Waals surface area contributed by atoms with E-state index in [2.05, 4.69) is 4.98 Å². The van der Waals surface area contributed by atoms with Crippen molar-refractivity contribution in [1.29, 1.82) is 0 Å². The van der Waals surface area contributed by atoms with E-state index in [0.29, 0.717) is 5.01 Å². The second kappa shape index (κ2) is 3.59. The van der Waals surface area contributed by atoms with Crippen LogP contribution in [0.15, 0.2) is 0 Å². The van der Waals surface area contributed by atoms with Gasteiger partial charge in [0, 0.05) is 0 Å². The molecule has 0 aliphatic heterocycles. The van der Waals surface area contributed by atoms with Gasteiger partial charge in [0.15, 0.2) is 0 Å². The normalized spacial score (nSPS) is 9.92. The summed E-state index contributed by atoms with van der Waals surface area (Å²) in [6, 6.07) is 0. The number of hydrogen-bond donors (Lipinski definition) is 2. The molecule has 1 aromatic heterocycles. The predicted octanol–water partition coefficient (Wildman–Crippen LogP) is 0.525. The number of alkyl halides is 1. The van der Waals surface area contributed by atoms with E-state index in [1.54, 1.807) is 6.92 Å². The van der Waals surface area contributed by atoms with Crippen LogP contribution in [0, 0.1) is 6.92 Å². The van der Waals surface area contributed by atoms with E-state index < -0.39 is 12.6 Å². The number of thiazole rings is 1. The minimum Gasteiger partial charge on any atom is -0.289 e. The fourth-order valence-electron chi connectivity index (χ4n) is 0.804. The smallest absolute Gasteiger partial charge is 0.277 e. The number of nitrogens with zero attached hydrogens (tertiary/aromatic N) is 1. The molecule has 0 aromatic carbocycles. The number of nitrogens with one attached hydrogen (secondary N) is 1. The number of carbonyl (C=O) groups is 1. The Labute approximate surface area is 72.6 Å². The molecule has 0 aliphatic carbocycles. The third-order valence-corrected chi connectivity index (χ3v) is 2.28. The molecule has 0 bridgehead atoms. The highest BCUT2D eigenvalue weighted by atomic mass is 32.1. The van der Waals surface area contributed by atoms with Crippen molar-refractivity contribution in [3.8, 4) is 0 Å². The van der Waals surface area contributed by atoms with Gasteiger partial charge in [-0.15, -0.1) is 11.3 Å². The third-order valence-electron chi connectivity index (χ3n) is 1.27. The molecule has 1 amide bonds. The lowest BCUT2D eigenvalue weighted by Crippen LogP contribution is -2.29. The maximum atomic E-state index is 12.2. The summed E-state index contributed by atoms with van der Waals surface area (Å²) in [6.45, 7) is 0.963. The van der Waals surface area contributed by atoms with Crippen molar-refractivity contribution in [2.75, 3.05) is 0 Å². The molecule has 1 heterocycles. The first-order valence-corrected chi connectivity index (χ1v) is 4.04. The van der Waals surface area contributed by atoms with Crippen LogP contribution in [0.3, 0.4) is 0 Å². The molecule has 0 saturated heterocycles. The van der Waals surface area contributed by atoms with Crippen LogP contribution >= 0.6 is 11.3 Å². The lowest BCUT2D eigenvalue weighted by Gasteiger charge is -1.94. The maximum absolute atomic E-state index is 12.2. The van der Waals surface area contributed by atoms with Crippen LogP contribution in [0.4, 0.5) is 4.39 Å². The molecule has 12 heavy (non-hydrogen) atoms. The largest absolute Gasteiger partial charge is 0.289 e. The van der Waals surface area contributed by atoms with Gasteiger partial charge in [-0.2, -0.15) is 0 Å². The summed E-state index contributed by atoms with van der Waals surface area (Å²) in [6.07, 6.45) is 0. The molecule has 0 atom stereocenters. The fraction of sp³-hybridized carbons (Fsp3) is 0.333. The van der Waals surface area contributed by atoms with Crippen LogP contribution in [0.2, 0.25) is 0 Å². The Morgan fingerprint density at radius 1 is 1.83 bits per heavy atom. The average Bonchev–Trinajstić information content (AvgIpc) is 2.45. The van der Waals surface area contributed by atoms with Crippen LogP contribution in [0.5, 0.6) is 0 Å². The molecule has 3 N–H and O–H groups in total. The van der Waals surface area contributed by atoms with Gasteiger partial charge >= 0.3 is 0 Å². The SMILES string of the molecule is Cc1nc(CF)c(C(=O)NN)s1. The molecule has 1 rings (SSSR count). The molecule has 0 radical (unpaired) electrons. The van der Waals surface area contributed by atoms with Crippen molar-refractivity contribution in [2.45, 2.75) is 13.6 Å². The highest BCUT2D eigenvalue weighted by Crippen LogP contribution is 2.18. The molecule has 66 valence electrons. The summed E-state index contributed by atoms with van der Waals surface area (Å²) >= 11 is 1.13. The number of aromatic nitrogens is 1. The summed E-state index contributed by atoms with van der Waals surface area (Å²) in [4.78, 5) is 15.0. The Morgan fingerprint density at radius 3 is 3.00 bits per heavy atom. The van der Waals surface area contributed by atoms with Crippen LogP contribution in [-0.4, -0.2) is 10.9 Å². The molecular formula is C6H8FN3OS. The summed E-state index contributed by atoms with van der Waals surface area (Å²) in [5.74, 6) is 4.40. The minimum absolute atomic E-state index is 0.153. The van der Waals surface area contributed by atoms with E-state index in [9.17, 15) is 9.18 Å². The number of carbonyl (C=O) groups excluding carboxylic acids is 1. The Morgan fingerprint density at radius 2 is 2.50 bits per heavy atom. The van der Waals surface area contributed by atoms with Gasteiger partial charge in [0.2, 0.25) is 0 Å². The highest BCUT2D eigenvalue weighted by molar-refractivity contribution is 7.13. The van der Waals surface area contributed by atoms with Crippen LogP contribution in [0.25, 0.3) is 0 Å². The van der Waals surface area contributed by atoms with E-state index in [1.165, 1.54) is 0 Å². The van der Waals surface area contributed by atoms with Crippen molar-refractivity contribution >= 4 is 17.2 Å². The predicted molar refractivity (Wildman–Crippen MR) is 43.3 cm³/mol. The Hall–Kier alpha value is -1.01. The molecule has 1 aromatic rings. The van der Waals surface area contributed by atoms with Gasteiger partial charge in [0.1, 0.15) is 11.6 Å². The number of hydrogen-bond acceptors (Lipinski definition) is 4. The van der Waals surface area contributed by atoms with E-state index in [1.807, 2.05) is 5.43 Å². The molecule has 4 nitrogen and oxygen atoms in total. The van der Waals surface area contributed by atoms with Crippen molar-refractivity contribution in [3.63, 3.8) is 0 Å². The van der Waals surface area contributed by atoms with Gasteiger partial charge in [-0.3, -0.25) is 10.2 Å². The number of nitrogens with two attached hydrogens (primary N) is 1. The average molecular weight is 189 g/mol. The van der Waals surface area contributed by atoms with Gasteiger partial charge in [-0.1, -0.05) is 0 Å². The molecular weight excluding hydrogens is 181 g/mol. The summed E-state index contributed by atoms with van der Waals surface area (Å²) in [5.41, 5.74) is 2.09. The zero-order valence-corrected chi connectivity index (χ0v) is 7.24. The quantitative estimate of drug-likeness (QED) is 0.405. The van der Waals surface area contributed by atoms with E-state index in [4.69, 9.17) is 5.84 Å². The van der Waals surface area contributed by atoms with Crippen LogP contribution in [-0.2, 0) is 6.67 Å². The molecule has 0 aliphatic rings. The molecule has 6 heteroatoms. The Bertz CT molecular complexity index is 299. The van der Waals surface area contributed by atoms with Crippen molar-refractivity contribution < 1.29 is 9.18 Å². The monoisotopic (exact) mass is 189 g/mol. The zero-order valence-electron chi connectivity index (χ0n) is 6.43. The second-order valence-corrected chi connectivity index (χ2v) is 3.32. The van der Waals surface area contributed by atoms with Crippen molar-refractivity contribution in [1.82, 2.24) is 10.4 Å². The molecule has 0 spiro atoms. The maximum Gasteiger partial charge on any atom is 0.277 e. The van der Waals surface area contributed by atoms with Gasteiger partial charge < -0.3 is 0 Å². The minimum atomic E-state index is -0.743. The number of hydrazine groups is 1. The molecule has 0 fully saturated rings. The standard InChI is InChI=1S/C6H8FN3OS/c1-3-9-4(2-7)5(12-3)6(11)10-8/h2,8H2,1H3,(H,10,11). The van der Waals surface area contributed by atoms with Gasteiger partial charge in [0.25, 0.3) is 5.91 Å². The lowest BCUT2D eigenvalue weighted by atomic mass is 10.4. The number of amides is 1. The molecule has 0 saturated carbocycles. The van der Waals surface area contributed by atoms with Gasteiger partial charge in [-0.25, -0.2) is 15.2 Å². The van der Waals surface area contributed by atoms with E-state index in [0.717, 1.165) is 11.3 Å². The van der Waals surface area contributed by atoms with E-state index in [-0.39, 0.29) is 10.6 Å². The third kappa shape index (κ3) is 1.59. The number of nitrogen functional groups attached to an aromatic ring is 1. The summed E-state index contributed by atoms with van der Waals surface area (Å²) < 4.78 is 12.2. The molecule has 0 unspecified atom stereocenters. The second-order valence-electron chi connectivity index (χ2n) is 2.12. The van der Waals surface area contributed by atoms with Crippen molar-refractivity contribution in [2.24, 2.45) is 5.84 Å². The van der Waals surface area contributed by atoms with Gasteiger partial charge in [-0.05, 0) is 6.92 Å². The van der Waals surface area contributed by atoms with Gasteiger partial charge in [0.05, 0.1) is 10.7 Å². The Kier molecular flexibility index (Phi) is 2.72. The number of halogens is 1. The fourth-order valence-corrected chi connectivity index (χ4v) is 1.62. The van der Waals surface area contributed by atoms with Crippen LogP contribution < -0.4 is 11.3 Å². The summed E-state index contributed by atoms with van der Waals surface area (Å²) in [7, 11) is 0. The first kappa shape index (κ1) is 9.08. The first-order valence-electron chi connectivity index (χ1n) is 3.22. The lowest BCUT2D eigenvalue weighted by molar-refractivity contribution is 0.0956. The van der Waals surface area contributed by atoms with Crippen molar-refractivity contribution in [3.05, 3.63) is 15.6 Å². The Balaban J connectivity index is 3.04.